The third-order valence-electron chi connectivity index (χ3n) is 1.77. The third-order valence-corrected chi connectivity index (χ3v) is 2.76. The van der Waals surface area contributed by atoms with E-state index in [1.807, 2.05) is 0 Å². The Bertz CT molecular complexity index is 473. The van der Waals surface area contributed by atoms with Gasteiger partial charge < -0.3 is 11.5 Å². The lowest BCUT2D eigenvalue weighted by Gasteiger charge is -1.98. The van der Waals surface area contributed by atoms with Crippen LogP contribution >= 0.6 is 11.3 Å². The normalized spacial score (nSPS) is 10.3. The first-order valence-electron chi connectivity index (χ1n) is 3.86. The standard InChI is InChI=1S/C8H8N4OS/c9-6-3-11-12(8(6)10)7-2-1-5(4-13)14-7/h1-4H,9-10H2. The molecule has 0 aliphatic rings. The SMILES string of the molecule is Nc1cnn(-c2ccc(C=O)s2)c1N. The zero-order valence-corrected chi connectivity index (χ0v) is 7.99. The largest absolute Gasteiger partial charge is 0.394 e. The maximum absolute atomic E-state index is 10.5. The quantitative estimate of drug-likeness (QED) is 0.718. The summed E-state index contributed by atoms with van der Waals surface area (Å²) in [5.41, 5.74) is 11.7. The fraction of sp³-hybridized carbons (Fsp3) is 0. The second-order valence-corrected chi connectivity index (χ2v) is 3.78. The van der Waals surface area contributed by atoms with E-state index in [0.717, 1.165) is 11.3 Å². The van der Waals surface area contributed by atoms with Gasteiger partial charge in [-0.1, -0.05) is 0 Å². The highest BCUT2D eigenvalue weighted by Gasteiger charge is 2.08. The Morgan fingerprint density at radius 3 is 2.71 bits per heavy atom. The molecule has 6 heteroatoms. The monoisotopic (exact) mass is 208 g/mol. The molecule has 0 spiro atoms. The number of nitrogens with zero attached hydrogens (tertiary/aromatic N) is 2. The van der Waals surface area contributed by atoms with E-state index < -0.39 is 0 Å². The van der Waals surface area contributed by atoms with E-state index in [9.17, 15) is 4.79 Å². The topological polar surface area (TPSA) is 86.9 Å². The molecule has 2 aromatic heterocycles. The molecule has 5 nitrogen and oxygen atoms in total. The minimum atomic E-state index is 0.393. The van der Waals surface area contributed by atoms with Crippen molar-refractivity contribution in [2.45, 2.75) is 0 Å². The second kappa shape index (κ2) is 3.15. The first-order chi connectivity index (χ1) is 6.72. The molecule has 0 bridgehead atoms. The number of aldehydes is 1. The van der Waals surface area contributed by atoms with E-state index in [4.69, 9.17) is 11.5 Å². The van der Waals surface area contributed by atoms with Gasteiger partial charge in [-0.25, -0.2) is 4.68 Å². The molecule has 4 N–H and O–H groups in total. The Labute approximate surface area is 83.9 Å². The molecule has 0 aromatic carbocycles. The van der Waals surface area contributed by atoms with Crippen molar-refractivity contribution in [1.29, 1.82) is 0 Å². The molecule has 0 aliphatic heterocycles. The predicted molar refractivity (Wildman–Crippen MR) is 55.7 cm³/mol. The van der Waals surface area contributed by atoms with Crippen LogP contribution in [0.1, 0.15) is 9.67 Å². The summed E-state index contributed by atoms with van der Waals surface area (Å²) in [5.74, 6) is 0.393. The average Bonchev–Trinajstić information content (AvgIpc) is 2.75. The number of nitrogens with two attached hydrogens (primary N) is 2. The second-order valence-electron chi connectivity index (χ2n) is 2.69. The first-order valence-corrected chi connectivity index (χ1v) is 4.68. The lowest BCUT2D eigenvalue weighted by Crippen LogP contribution is -2.00. The molecular formula is C8H8N4OS. The number of carbonyl (C=O) groups is 1. The van der Waals surface area contributed by atoms with Gasteiger partial charge in [-0.15, -0.1) is 11.3 Å². The Hall–Kier alpha value is -1.82. The van der Waals surface area contributed by atoms with E-state index in [0.29, 0.717) is 16.4 Å². The van der Waals surface area contributed by atoms with Crippen LogP contribution in [0.15, 0.2) is 18.3 Å². The minimum absolute atomic E-state index is 0.393. The van der Waals surface area contributed by atoms with Gasteiger partial charge in [-0.3, -0.25) is 4.79 Å². The number of anilines is 2. The number of nitrogen functional groups attached to an aromatic ring is 2. The molecule has 0 aliphatic carbocycles. The number of thiophene rings is 1. The number of carbonyl (C=O) groups excluding carboxylic acids is 1. The summed E-state index contributed by atoms with van der Waals surface area (Å²) in [6.07, 6.45) is 2.27. The number of aromatic nitrogens is 2. The van der Waals surface area contributed by atoms with Crippen LogP contribution in [0.25, 0.3) is 5.00 Å². The molecule has 2 heterocycles. The molecule has 0 atom stereocenters. The van der Waals surface area contributed by atoms with Crippen LogP contribution in [-0.2, 0) is 0 Å². The Morgan fingerprint density at radius 1 is 1.43 bits per heavy atom. The van der Waals surface area contributed by atoms with Crippen molar-refractivity contribution in [3.05, 3.63) is 23.2 Å². The van der Waals surface area contributed by atoms with Crippen LogP contribution in [0.3, 0.4) is 0 Å². The molecule has 2 aromatic rings. The molecule has 0 fully saturated rings. The van der Waals surface area contributed by atoms with Gasteiger partial charge in [0.1, 0.15) is 5.00 Å². The van der Waals surface area contributed by atoms with Crippen LogP contribution in [0.5, 0.6) is 0 Å². The van der Waals surface area contributed by atoms with Crippen molar-refractivity contribution in [2.75, 3.05) is 11.5 Å². The smallest absolute Gasteiger partial charge is 0.160 e. The first kappa shape index (κ1) is 8.76. The summed E-state index contributed by atoms with van der Waals surface area (Å²) in [4.78, 5) is 11.1. The van der Waals surface area contributed by atoms with Gasteiger partial charge in [0.2, 0.25) is 0 Å². The van der Waals surface area contributed by atoms with Gasteiger partial charge in [-0.2, -0.15) is 5.10 Å². The van der Waals surface area contributed by atoms with Crippen LogP contribution < -0.4 is 11.5 Å². The van der Waals surface area contributed by atoms with Crippen molar-refractivity contribution in [1.82, 2.24) is 9.78 Å². The highest BCUT2D eigenvalue weighted by atomic mass is 32.1. The molecule has 2 rings (SSSR count). The van der Waals surface area contributed by atoms with Gasteiger partial charge in [-0.05, 0) is 12.1 Å². The van der Waals surface area contributed by atoms with Crippen molar-refractivity contribution >= 4 is 29.1 Å². The van der Waals surface area contributed by atoms with Crippen LogP contribution in [-0.4, -0.2) is 16.1 Å². The summed E-state index contributed by atoms with van der Waals surface area (Å²) in [6.45, 7) is 0. The molecule has 14 heavy (non-hydrogen) atoms. The van der Waals surface area contributed by atoms with Crippen LogP contribution in [0, 0.1) is 0 Å². The van der Waals surface area contributed by atoms with E-state index in [1.54, 1.807) is 12.1 Å². The van der Waals surface area contributed by atoms with Crippen molar-refractivity contribution in [3.63, 3.8) is 0 Å². The molecular weight excluding hydrogens is 200 g/mol. The summed E-state index contributed by atoms with van der Waals surface area (Å²) in [5, 5.41) is 4.77. The summed E-state index contributed by atoms with van der Waals surface area (Å²) >= 11 is 1.31. The maximum atomic E-state index is 10.5. The predicted octanol–water partition coefficient (Wildman–Crippen LogP) is 0.911. The highest BCUT2D eigenvalue weighted by Crippen LogP contribution is 2.24. The molecule has 0 amide bonds. The highest BCUT2D eigenvalue weighted by molar-refractivity contribution is 7.16. The molecule has 0 saturated heterocycles. The van der Waals surface area contributed by atoms with Gasteiger partial charge in [0.25, 0.3) is 0 Å². The number of hydrogen-bond donors (Lipinski definition) is 2. The molecule has 0 radical (unpaired) electrons. The molecule has 0 unspecified atom stereocenters. The van der Waals surface area contributed by atoms with Crippen LogP contribution in [0.4, 0.5) is 11.5 Å². The summed E-state index contributed by atoms with van der Waals surface area (Å²) < 4.78 is 1.51. The maximum Gasteiger partial charge on any atom is 0.160 e. The fourth-order valence-electron chi connectivity index (χ4n) is 1.07. The van der Waals surface area contributed by atoms with E-state index in [2.05, 4.69) is 5.10 Å². The molecule has 72 valence electrons. The summed E-state index contributed by atoms with van der Waals surface area (Å²) in [7, 11) is 0. The van der Waals surface area contributed by atoms with Crippen molar-refractivity contribution < 1.29 is 4.79 Å². The Morgan fingerprint density at radius 2 is 2.21 bits per heavy atom. The third kappa shape index (κ3) is 1.25. The Kier molecular flexibility index (Phi) is 1.97. The zero-order chi connectivity index (χ0) is 10.1. The van der Waals surface area contributed by atoms with Gasteiger partial charge in [0.05, 0.1) is 16.8 Å². The van der Waals surface area contributed by atoms with Gasteiger partial charge in [0.15, 0.2) is 12.1 Å². The fourth-order valence-corrected chi connectivity index (χ4v) is 1.86. The van der Waals surface area contributed by atoms with E-state index in [1.165, 1.54) is 22.2 Å². The summed E-state index contributed by atoms with van der Waals surface area (Å²) in [6, 6.07) is 3.49. The van der Waals surface area contributed by atoms with E-state index >= 15 is 0 Å². The average molecular weight is 208 g/mol. The van der Waals surface area contributed by atoms with Crippen molar-refractivity contribution in [3.8, 4) is 5.00 Å². The number of rotatable bonds is 2. The number of hydrogen-bond acceptors (Lipinski definition) is 5. The lowest BCUT2D eigenvalue weighted by atomic mass is 10.5. The van der Waals surface area contributed by atoms with E-state index in [-0.39, 0.29) is 0 Å². The zero-order valence-electron chi connectivity index (χ0n) is 7.18. The Balaban J connectivity index is 2.49. The van der Waals surface area contributed by atoms with Crippen LogP contribution in [0.2, 0.25) is 0 Å². The van der Waals surface area contributed by atoms with Gasteiger partial charge in [0, 0.05) is 0 Å². The lowest BCUT2D eigenvalue weighted by molar-refractivity contribution is 0.112. The minimum Gasteiger partial charge on any atom is -0.394 e. The van der Waals surface area contributed by atoms with Crippen molar-refractivity contribution in [2.24, 2.45) is 0 Å². The molecule has 0 saturated carbocycles. The van der Waals surface area contributed by atoms with Gasteiger partial charge >= 0.3 is 0 Å².